The van der Waals surface area contributed by atoms with Crippen molar-refractivity contribution in [2.75, 3.05) is 52.6 Å². The van der Waals surface area contributed by atoms with E-state index in [1.165, 1.54) is 22.5 Å². The Balaban J connectivity index is 1.55. The van der Waals surface area contributed by atoms with Crippen molar-refractivity contribution in [2.24, 2.45) is 0 Å². The monoisotopic (exact) mass is 608 g/mol. The number of sulfonamides is 1. The third-order valence-electron chi connectivity index (χ3n) is 7.46. The van der Waals surface area contributed by atoms with Gasteiger partial charge in [0.2, 0.25) is 10.0 Å². The highest BCUT2D eigenvalue weighted by molar-refractivity contribution is 7.88. The van der Waals surface area contributed by atoms with Crippen LogP contribution in [0.15, 0.2) is 36.4 Å². The number of hydrogen-bond acceptors (Lipinski definition) is 4. The Morgan fingerprint density at radius 2 is 1.73 bits per heavy atom. The van der Waals surface area contributed by atoms with Crippen LogP contribution in [-0.4, -0.2) is 92.1 Å². The summed E-state index contributed by atoms with van der Waals surface area (Å²) >= 11 is 5.87. The number of urea groups is 1. The molecule has 14 heteroatoms. The largest absolute Gasteiger partial charge is 0.419 e. The quantitative estimate of drug-likeness (QED) is 0.465. The van der Waals surface area contributed by atoms with Crippen molar-refractivity contribution >= 4 is 27.7 Å². The average Bonchev–Trinajstić information content (AvgIpc) is 3.14. The smallest absolute Gasteiger partial charge is 0.323 e. The summed E-state index contributed by atoms with van der Waals surface area (Å²) in [6.45, 7) is 1.60. The van der Waals surface area contributed by atoms with Crippen molar-refractivity contribution in [1.82, 2.24) is 19.0 Å². The molecule has 2 aliphatic rings. The lowest BCUT2D eigenvalue weighted by Gasteiger charge is -2.30. The predicted octanol–water partition coefficient (Wildman–Crippen LogP) is 4.62. The Kier molecular flexibility index (Phi) is 8.98. The van der Waals surface area contributed by atoms with Crippen LogP contribution in [0.4, 0.5) is 26.7 Å². The van der Waals surface area contributed by atoms with Gasteiger partial charge in [-0.3, -0.25) is 4.90 Å². The van der Waals surface area contributed by atoms with Crippen LogP contribution in [0.5, 0.6) is 0 Å². The molecule has 0 saturated carbocycles. The zero-order valence-corrected chi connectivity index (χ0v) is 23.5. The van der Waals surface area contributed by atoms with Gasteiger partial charge in [-0.1, -0.05) is 23.7 Å². The molecule has 2 amide bonds. The molecule has 2 aliphatic heterocycles. The normalized spacial score (nSPS) is 21.2. The van der Waals surface area contributed by atoms with Gasteiger partial charge in [0.05, 0.1) is 16.8 Å². The maximum absolute atomic E-state index is 14.4. The molecule has 2 unspecified atom stereocenters. The van der Waals surface area contributed by atoms with E-state index >= 15 is 0 Å². The summed E-state index contributed by atoms with van der Waals surface area (Å²) < 4.78 is 92.9. The third kappa shape index (κ3) is 6.87. The molecular formula is C26H30ClF5N4O3S. The lowest BCUT2D eigenvalue weighted by Crippen LogP contribution is -2.45. The number of nitrogens with zero attached hydrogens (tertiary/aromatic N) is 4. The van der Waals surface area contributed by atoms with E-state index in [4.69, 9.17) is 11.6 Å². The van der Waals surface area contributed by atoms with Crippen molar-refractivity contribution in [2.45, 2.75) is 31.1 Å². The Hall–Kier alpha value is -2.48. The second kappa shape index (κ2) is 11.8. The van der Waals surface area contributed by atoms with Crippen molar-refractivity contribution in [3.05, 3.63) is 69.7 Å². The van der Waals surface area contributed by atoms with Gasteiger partial charge in [-0.15, -0.1) is 0 Å². The molecule has 0 aliphatic carbocycles. The molecule has 2 aromatic rings. The Labute approximate surface area is 235 Å². The number of likely N-dealkylation sites (N-methyl/N-ethyl adjacent to an activating group) is 1. The van der Waals surface area contributed by atoms with Crippen molar-refractivity contribution in [3.63, 3.8) is 0 Å². The molecule has 220 valence electrons. The minimum absolute atomic E-state index is 0.0557. The third-order valence-corrected chi connectivity index (χ3v) is 9.07. The fourth-order valence-corrected chi connectivity index (χ4v) is 6.36. The summed E-state index contributed by atoms with van der Waals surface area (Å²) in [5.41, 5.74) is -0.447. The van der Waals surface area contributed by atoms with Gasteiger partial charge in [0, 0.05) is 57.8 Å². The fraction of sp³-hybridized carbons (Fsp3) is 0.500. The molecule has 7 nitrogen and oxygen atoms in total. The first-order valence-electron chi connectivity index (χ1n) is 12.6. The molecule has 2 atom stereocenters. The van der Waals surface area contributed by atoms with Gasteiger partial charge in [-0.25, -0.2) is 26.3 Å². The highest BCUT2D eigenvalue weighted by Gasteiger charge is 2.41. The molecule has 2 saturated heterocycles. The van der Waals surface area contributed by atoms with Gasteiger partial charge >= 0.3 is 12.2 Å². The molecule has 0 bridgehead atoms. The molecule has 2 heterocycles. The average molecular weight is 609 g/mol. The molecule has 40 heavy (non-hydrogen) atoms. The molecule has 2 fully saturated rings. The molecule has 0 radical (unpaired) electrons. The summed E-state index contributed by atoms with van der Waals surface area (Å²) in [5, 5.41) is -0.0557. The Morgan fingerprint density at radius 1 is 1.00 bits per heavy atom. The van der Waals surface area contributed by atoms with Crippen molar-refractivity contribution in [3.8, 4) is 0 Å². The summed E-state index contributed by atoms with van der Waals surface area (Å²) in [7, 11) is -1.68. The summed E-state index contributed by atoms with van der Waals surface area (Å²) in [4.78, 5) is 18.5. The fourth-order valence-electron chi connectivity index (χ4n) is 5.37. The van der Waals surface area contributed by atoms with Crippen LogP contribution in [0.3, 0.4) is 0 Å². The van der Waals surface area contributed by atoms with Crippen LogP contribution in [-0.2, 0) is 22.7 Å². The van der Waals surface area contributed by atoms with E-state index in [-0.39, 0.29) is 55.7 Å². The Bertz CT molecular complexity index is 1360. The van der Waals surface area contributed by atoms with Crippen LogP contribution >= 0.6 is 11.6 Å². The number of halogens is 6. The standard InChI is InChI=1S/C26H30ClF5N4O3S/c1-33(14-17-4-6-20(22(28)12-17)26(30,31)32)24-16-35(15-19(24)18-5-7-21(27)23(29)13-18)25(37)34-8-3-9-36(11-10-34)40(2,38)39/h4-7,12-13,19,24H,3,8-11,14-16H2,1-2H3. The number of amides is 2. The first-order chi connectivity index (χ1) is 18.6. The van der Waals surface area contributed by atoms with Crippen LogP contribution < -0.4 is 0 Å². The Morgan fingerprint density at radius 3 is 2.35 bits per heavy atom. The second-order valence-corrected chi connectivity index (χ2v) is 12.7. The molecule has 2 aromatic carbocycles. The van der Waals surface area contributed by atoms with E-state index < -0.39 is 33.4 Å². The highest BCUT2D eigenvalue weighted by Crippen LogP contribution is 2.35. The van der Waals surface area contributed by atoms with Crippen LogP contribution in [0, 0.1) is 11.6 Å². The number of carbonyl (C=O) groups is 1. The number of rotatable bonds is 5. The minimum atomic E-state index is -4.81. The van der Waals surface area contributed by atoms with E-state index in [1.54, 1.807) is 27.8 Å². The van der Waals surface area contributed by atoms with Crippen LogP contribution in [0.1, 0.15) is 29.0 Å². The van der Waals surface area contributed by atoms with Crippen molar-refractivity contribution in [1.29, 1.82) is 0 Å². The lowest BCUT2D eigenvalue weighted by molar-refractivity contribution is -0.140. The number of hydrogen-bond donors (Lipinski definition) is 0. The van der Waals surface area contributed by atoms with Crippen LogP contribution in [0.25, 0.3) is 0 Å². The van der Waals surface area contributed by atoms with Gasteiger partial charge in [0.1, 0.15) is 11.6 Å². The van der Waals surface area contributed by atoms with Gasteiger partial charge < -0.3 is 9.80 Å². The SMILES string of the molecule is CN(Cc1ccc(C(F)(F)F)c(F)c1)C1CN(C(=O)N2CCCN(S(C)(=O)=O)CC2)CC1c1ccc(Cl)c(F)c1. The minimum Gasteiger partial charge on any atom is -0.323 e. The first kappa shape index (κ1) is 30.5. The summed E-state index contributed by atoms with van der Waals surface area (Å²) in [5.74, 6) is -2.37. The van der Waals surface area contributed by atoms with Crippen molar-refractivity contribution < 1.29 is 35.2 Å². The van der Waals surface area contributed by atoms with E-state index in [9.17, 15) is 35.2 Å². The molecule has 0 N–H and O–H groups in total. The van der Waals surface area contributed by atoms with E-state index in [2.05, 4.69) is 0 Å². The summed E-state index contributed by atoms with van der Waals surface area (Å²) in [6.07, 6.45) is -3.21. The zero-order valence-electron chi connectivity index (χ0n) is 22.0. The van der Waals surface area contributed by atoms with Gasteiger partial charge in [-0.2, -0.15) is 13.2 Å². The van der Waals surface area contributed by atoms with Gasteiger partial charge in [0.15, 0.2) is 0 Å². The molecular weight excluding hydrogens is 579 g/mol. The zero-order chi connectivity index (χ0) is 29.4. The number of carbonyl (C=O) groups excluding carboxylic acids is 1. The molecule has 0 spiro atoms. The van der Waals surface area contributed by atoms with E-state index in [0.29, 0.717) is 36.7 Å². The summed E-state index contributed by atoms with van der Waals surface area (Å²) in [6, 6.07) is 6.48. The highest BCUT2D eigenvalue weighted by atomic mass is 35.5. The topological polar surface area (TPSA) is 64.2 Å². The number of likely N-dealkylation sites (tertiary alicyclic amines) is 1. The second-order valence-electron chi connectivity index (χ2n) is 10.3. The van der Waals surface area contributed by atoms with E-state index in [1.807, 2.05) is 0 Å². The molecule has 4 rings (SSSR count). The first-order valence-corrected chi connectivity index (χ1v) is 14.9. The van der Waals surface area contributed by atoms with Gasteiger partial charge in [-0.05, 0) is 48.9 Å². The van der Waals surface area contributed by atoms with E-state index in [0.717, 1.165) is 12.3 Å². The van der Waals surface area contributed by atoms with Crippen LogP contribution in [0.2, 0.25) is 5.02 Å². The molecule has 0 aromatic heterocycles. The lowest BCUT2D eigenvalue weighted by atomic mass is 9.93. The number of benzene rings is 2. The predicted molar refractivity (Wildman–Crippen MR) is 140 cm³/mol. The maximum Gasteiger partial charge on any atom is 0.419 e. The van der Waals surface area contributed by atoms with Gasteiger partial charge in [0.25, 0.3) is 0 Å². The number of alkyl halides is 3. The maximum atomic E-state index is 14.4.